The van der Waals surface area contributed by atoms with E-state index >= 15 is 0 Å². The van der Waals surface area contributed by atoms with Crippen molar-refractivity contribution in [2.75, 3.05) is 5.33 Å². The van der Waals surface area contributed by atoms with Crippen LogP contribution in [-0.2, 0) is 0 Å². The van der Waals surface area contributed by atoms with E-state index in [1.165, 1.54) is 6.07 Å². The van der Waals surface area contributed by atoms with Crippen molar-refractivity contribution in [3.05, 3.63) is 29.8 Å². The molecule has 0 bridgehead atoms. The number of aromatic hydroxyl groups is 1. The van der Waals surface area contributed by atoms with Gasteiger partial charge in [0.2, 0.25) is 0 Å². The summed E-state index contributed by atoms with van der Waals surface area (Å²) in [5, 5.41) is 13.2. The molecule has 1 aromatic rings. The van der Waals surface area contributed by atoms with Gasteiger partial charge in [0, 0.05) is 10.9 Å². The second kappa shape index (κ2) is 5.08. The van der Waals surface area contributed by atoms with E-state index < -0.39 is 0 Å². The Kier molecular flexibility index (Phi) is 3.72. The van der Waals surface area contributed by atoms with Crippen LogP contribution in [0.1, 0.15) is 36.0 Å². The summed E-state index contributed by atoms with van der Waals surface area (Å²) in [7, 11) is 0. The molecule has 1 saturated carbocycles. The lowest BCUT2D eigenvalue weighted by Crippen LogP contribution is -2.47. The topological polar surface area (TPSA) is 49.3 Å². The fraction of sp³-hybridized carbons (Fsp3) is 0.462. The lowest BCUT2D eigenvalue weighted by molar-refractivity contribution is 0.0910. The number of amides is 1. The van der Waals surface area contributed by atoms with E-state index in [-0.39, 0.29) is 17.2 Å². The number of carbonyl (C=O) groups is 1. The number of rotatable bonds is 3. The molecule has 2 N–H and O–H groups in total. The first-order valence-corrected chi connectivity index (χ1v) is 6.95. The highest BCUT2D eigenvalue weighted by molar-refractivity contribution is 9.09. The lowest BCUT2D eigenvalue weighted by Gasteiger charge is -2.28. The number of hydrogen-bond acceptors (Lipinski definition) is 2. The van der Waals surface area contributed by atoms with Crippen LogP contribution in [0.5, 0.6) is 5.75 Å². The maximum atomic E-state index is 12.1. The van der Waals surface area contributed by atoms with Crippen LogP contribution in [0.4, 0.5) is 0 Å². The number of benzene rings is 1. The van der Waals surface area contributed by atoms with Gasteiger partial charge in [-0.3, -0.25) is 4.79 Å². The smallest absolute Gasteiger partial charge is 0.251 e. The number of phenols is 1. The molecule has 0 aromatic heterocycles. The maximum absolute atomic E-state index is 12.1. The molecule has 0 unspecified atom stereocenters. The summed E-state index contributed by atoms with van der Waals surface area (Å²) >= 11 is 3.48. The minimum atomic E-state index is -0.109. The highest BCUT2D eigenvalue weighted by Gasteiger charge is 2.34. The van der Waals surface area contributed by atoms with Gasteiger partial charge in [-0.05, 0) is 31.0 Å². The first-order valence-electron chi connectivity index (χ1n) is 5.83. The third kappa shape index (κ3) is 2.80. The Morgan fingerprint density at radius 2 is 2.12 bits per heavy atom. The molecule has 0 radical (unpaired) electrons. The Balaban J connectivity index is 2.11. The molecular formula is C13H16BrNO2. The third-order valence-corrected chi connectivity index (χ3v) is 4.38. The summed E-state index contributed by atoms with van der Waals surface area (Å²) in [6.45, 7) is 0. The van der Waals surface area contributed by atoms with E-state index in [0.29, 0.717) is 5.56 Å². The Labute approximate surface area is 109 Å². The Hall–Kier alpha value is -1.03. The molecule has 1 aromatic carbocycles. The van der Waals surface area contributed by atoms with Crippen LogP contribution in [0.15, 0.2) is 24.3 Å². The van der Waals surface area contributed by atoms with Crippen molar-refractivity contribution in [1.29, 1.82) is 0 Å². The van der Waals surface area contributed by atoms with Crippen molar-refractivity contribution in [3.8, 4) is 5.75 Å². The van der Waals surface area contributed by atoms with E-state index in [1.807, 2.05) is 0 Å². The standard InChI is InChI=1S/C13H16BrNO2/c14-9-13(6-1-2-7-13)15-12(17)10-4-3-5-11(16)8-10/h3-5,8,16H,1-2,6-7,9H2,(H,15,17). The van der Waals surface area contributed by atoms with Crippen LogP contribution in [0, 0.1) is 0 Å². The van der Waals surface area contributed by atoms with Crippen LogP contribution >= 0.6 is 15.9 Å². The normalized spacial score (nSPS) is 17.9. The van der Waals surface area contributed by atoms with E-state index in [4.69, 9.17) is 0 Å². The number of carbonyl (C=O) groups excluding carboxylic acids is 1. The molecule has 1 aliphatic carbocycles. The summed E-state index contributed by atoms with van der Waals surface area (Å²) in [6.07, 6.45) is 4.35. The molecule has 0 saturated heterocycles. The van der Waals surface area contributed by atoms with Crippen molar-refractivity contribution in [2.45, 2.75) is 31.2 Å². The van der Waals surface area contributed by atoms with Gasteiger partial charge in [0.25, 0.3) is 5.91 Å². The number of hydrogen-bond donors (Lipinski definition) is 2. The summed E-state index contributed by atoms with van der Waals surface area (Å²) in [6, 6.07) is 6.45. The van der Waals surface area contributed by atoms with Gasteiger partial charge in [0.05, 0.1) is 5.54 Å². The van der Waals surface area contributed by atoms with E-state index in [1.54, 1.807) is 18.2 Å². The number of nitrogens with one attached hydrogen (secondary N) is 1. The molecule has 3 nitrogen and oxygen atoms in total. The summed E-state index contributed by atoms with van der Waals surface area (Å²) in [5.41, 5.74) is 0.403. The van der Waals surface area contributed by atoms with Crippen LogP contribution in [-0.4, -0.2) is 21.9 Å². The molecule has 92 valence electrons. The number of alkyl halides is 1. The van der Waals surface area contributed by atoms with Crippen LogP contribution in [0.2, 0.25) is 0 Å². The van der Waals surface area contributed by atoms with Gasteiger partial charge >= 0.3 is 0 Å². The van der Waals surface area contributed by atoms with Gasteiger partial charge in [0.1, 0.15) is 5.75 Å². The third-order valence-electron chi connectivity index (χ3n) is 3.30. The first-order chi connectivity index (χ1) is 8.15. The van der Waals surface area contributed by atoms with Crippen molar-refractivity contribution in [1.82, 2.24) is 5.32 Å². The Morgan fingerprint density at radius 1 is 1.41 bits per heavy atom. The molecule has 0 heterocycles. The summed E-state index contributed by atoms with van der Waals surface area (Å²) in [4.78, 5) is 12.1. The fourth-order valence-electron chi connectivity index (χ4n) is 2.30. The SMILES string of the molecule is O=C(NC1(CBr)CCCC1)c1cccc(O)c1. The number of halogens is 1. The predicted octanol–water partition coefficient (Wildman–Crippen LogP) is 2.83. The lowest BCUT2D eigenvalue weighted by atomic mass is 10.00. The Bertz CT molecular complexity index is 414. The van der Waals surface area contributed by atoms with Gasteiger partial charge in [-0.15, -0.1) is 0 Å². The zero-order valence-corrected chi connectivity index (χ0v) is 11.2. The highest BCUT2D eigenvalue weighted by atomic mass is 79.9. The van der Waals surface area contributed by atoms with Crippen molar-refractivity contribution < 1.29 is 9.90 Å². The maximum Gasteiger partial charge on any atom is 0.251 e. The van der Waals surface area contributed by atoms with Crippen LogP contribution < -0.4 is 5.32 Å². The quantitative estimate of drug-likeness (QED) is 0.843. The van der Waals surface area contributed by atoms with E-state index in [0.717, 1.165) is 31.0 Å². The minimum Gasteiger partial charge on any atom is -0.508 e. The largest absolute Gasteiger partial charge is 0.508 e. The second-order valence-corrected chi connectivity index (χ2v) is 5.19. The van der Waals surface area contributed by atoms with Gasteiger partial charge in [-0.2, -0.15) is 0 Å². The molecular weight excluding hydrogens is 282 g/mol. The molecule has 4 heteroatoms. The predicted molar refractivity (Wildman–Crippen MR) is 70.6 cm³/mol. The number of phenolic OH excluding ortho intramolecular Hbond substituents is 1. The molecule has 17 heavy (non-hydrogen) atoms. The highest BCUT2D eigenvalue weighted by Crippen LogP contribution is 2.31. The van der Waals surface area contributed by atoms with Gasteiger partial charge in [-0.25, -0.2) is 0 Å². The second-order valence-electron chi connectivity index (χ2n) is 4.63. The average Bonchev–Trinajstić information content (AvgIpc) is 2.78. The zero-order chi connectivity index (χ0) is 12.3. The first kappa shape index (κ1) is 12.4. The molecule has 2 rings (SSSR count). The minimum absolute atomic E-state index is 0.109. The monoisotopic (exact) mass is 297 g/mol. The molecule has 0 atom stereocenters. The van der Waals surface area contributed by atoms with E-state index in [2.05, 4.69) is 21.2 Å². The zero-order valence-electron chi connectivity index (χ0n) is 9.58. The molecule has 0 spiro atoms. The summed E-state index contributed by atoms with van der Waals surface area (Å²) in [5.74, 6) is 0.0132. The molecule has 1 amide bonds. The molecule has 1 fully saturated rings. The summed E-state index contributed by atoms with van der Waals surface area (Å²) < 4.78 is 0. The van der Waals surface area contributed by atoms with Crippen molar-refractivity contribution >= 4 is 21.8 Å². The molecule has 1 aliphatic rings. The van der Waals surface area contributed by atoms with Gasteiger partial charge in [-0.1, -0.05) is 34.8 Å². The van der Waals surface area contributed by atoms with E-state index in [9.17, 15) is 9.90 Å². The Morgan fingerprint density at radius 3 is 2.71 bits per heavy atom. The fourth-order valence-corrected chi connectivity index (χ4v) is 3.00. The van der Waals surface area contributed by atoms with Crippen LogP contribution in [0.25, 0.3) is 0 Å². The molecule has 0 aliphatic heterocycles. The van der Waals surface area contributed by atoms with Crippen molar-refractivity contribution in [3.63, 3.8) is 0 Å². The van der Waals surface area contributed by atoms with Gasteiger partial charge < -0.3 is 10.4 Å². The van der Waals surface area contributed by atoms with Crippen molar-refractivity contribution in [2.24, 2.45) is 0 Å². The average molecular weight is 298 g/mol. The van der Waals surface area contributed by atoms with Gasteiger partial charge in [0.15, 0.2) is 0 Å². The van der Waals surface area contributed by atoms with Crippen LogP contribution in [0.3, 0.4) is 0 Å².